The van der Waals surface area contributed by atoms with Crippen LogP contribution in [-0.2, 0) is 28.5 Å². The maximum atomic E-state index is 13.1. The predicted octanol–water partition coefficient (Wildman–Crippen LogP) is 3.71. The number of carbonyl (C=O) groups excluding carboxylic acids is 4. The van der Waals surface area contributed by atoms with E-state index >= 15 is 0 Å². The Morgan fingerprint density at radius 1 is 0.762 bits per heavy atom. The van der Waals surface area contributed by atoms with Gasteiger partial charge in [-0.1, -0.05) is 57.9 Å². The van der Waals surface area contributed by atoms with Crippen molar-refractivity contribution in [1.82, 2.24) is 10.2 Å². The first-order chi connectivity index (χ1) is 20.5. The Morgan fingerprint density at radius 2 is 1.36 bits per heavy atom. The number of ether oxygens (including phenoxy) is 4. The molecule has 1 fully saturated rings. The lowest BCUT2D eigenvalue weighted by molar-refractivity contribution is -0.136. The summed E-state index contributed by atoms with van der Waals surface area (Å²) in [5, 5.41) is 5.35. The summed E-state index contributed by atoms with van der Waals surface area (Å²) in [4.78, 5) is 50.7. The van der Waals surface area contributed by atoms with Crippen molar-refractivity contribution in [2.75, 3.05) is 64.7 Å². The average molecular weight is 590 g/mol. The lowest BCUT2D eigenvalue weighted by Crippen LogP contribution is -2.54. The molecule has 0 bridgehead atoms. The molecule has 11 heteroatoms. The zero-order valence-electron chi connectivity index (χ0n) is 25.0. The summed E-state index contributed by atoms with van der Waals surface area (Å²) in [6.07, 6.45) is 10.5. The average Bonchev–Trinajstić information content (AvgIpc) is 3.23. The van der Waals surface area contributed by atoms with E-state index in [-0.39, 0.29) is 24.0 Å². The van der Waals surface area contributed by atoms with E-state index < -0.39 is 29.7 Å². The van der Waals surface area contributed by atoms with Gasteiger partial charge in [-0.3, -0.25) is 29.4 Å². The van der Waals surface area contributed by atoms with E-state index in [4.69, 9.17) is 18.9 Å². The minimum Gasteiger partial charge on any atom is -0.382 e. The van der Waals surface area contributed by atoms with Crippen LogP contribution in [0.2, 0.25) is 0 Å². The molecule has 1 aromatic carbocycles. The van der Waals surface area contributed by atoms with Crippen molar-refractivity contribution in [3.05, 3.63) is 29.3 Å². The number of carbonyl (C=O) groups is 4. The molecule has 11 nitrogen and oxygen atoms in total. The molecule has 234 valence electrons. The van der Waals surface area contributed by atoms with Gasteiger partial charge in [-0.05, 0) is 25.0 Å². The van der Waals surface area contributed by atoms with Gasteiger partial charge in [-0.25, -0.2) is 0 Å². The second-order valence-corrected chi connectivity index (χ2v) is 10.5. The zero-order valence-corrected chi connectivity index (χ0v) is 25.0. The van der Waals surface area contributed by atoms with E-state index in [1.807, 2.05) is 0 Å². The van der Waals surface area contributed by atoms with Crippen LogP contribution in [0.5, 0.6) is 0 Å². The van der Waals surface area contributed by atoms with E-state index in [9.17, 15) is 19.2 Å². The molecule has 0 saturated carbocycles. The Bertz CT molecular complexity index is 1020. The third-order valence-corrected chi connectivity index (χ3v) is 7.29. The molecular formula is C31H47N3O8. The molecule has 0 radical (unpaired) electrons. The Hall–Kier alpha value is -2.86. The smallest absolute Gasteiger partial charge is 0.264 e. The van der Waals surface area contributed by atoms with Gasteiger partial charge in [0.1, 0.15) is 6.04 Å². The summed E-state index contributed by atoms with van der Waals surface area (Å²) in [6, 6.07) is 3.97. The molecular weight excluding hydrogens is 542 g/mol. The summed E-state index contributed by atoms with van der Waals surface area (Å²) < 4.78 is 22.3. The Labute approximate surface area is 249 Å². The molecule has 1 aromatic rings. The van der Waals surface area contributed by atoms with Crippen molar-refractivity contribution in [2.45, 2.75) is 77.2 Å². The van der Waals surface area contributed by atoms with Crippen LogP contribution in [0.4, 0.5) is 5.69 Å². The van der Waals surface area contributed by atoms with Crippen LogP contribution in [0.1, 0.15) is 91.8 Å². The molecule has 2 aliphatic heterocycles. The molecule has 1 saturated heterocycles. The van der Waals surface area contributed by atoms with Gasteiger partial charge in [-0.15, -0.1) is 0 Å². The minimum atomic E-state index is -0.991. The topological polar surface area (TPSA) is 132 Å². The van der Waals surface area contributed by atoms with E-state index in [1.54, 1.807) is 18.2 Å². The van der Waals surface area contributed by atoms with Gasteiger partial charge >= 0.3 is 0 Å². The van der Waals surface area contributed by atoms with Crippen molar-refractivity contribution in [3.8, 4) is 0 Å². The summed E-state index contributed by atoms with van der Waals surface area (Å²) in [5.41, 5.74) is 0.967. The van der Waals surface area contributed by atoms with Crippen molar-refractivity contribution in [3.63, 3.8) is 0 Å². The van der Waals surface area contributed by atoms with Crippen LogP contribution in [0, 0.1) is 0 Å². The molecule has 3 rings (SSSR count). The van der Waals surface area contributed by atoms with Crippen LogP contribution in [0.25, 0.3) is 0 Å². The Kier molecular flexibility index (Phi) is 15.5. The Balaban J connectivity index is 1.17. The predicted molar refractivity (Wildman–Crippen MR) is 157 cm³/mol. The van der Waals surface area contributed by atoms with Crippen LogP contribution >= 0.6 is 0 Å². The molecule has 2 N–H and O–H groups in total. The molecule has 0 spiro atoms. The second kappa shape index (κ2) is 19.4. The number of piperidine rings is 1. The first-order valence-electron chi connectivity index (χ1n) is 15.4. The number of anilines is 1. The van der Waals surface area contributed by atoms with Gasteiger partial charge in [0.25, 0.3) is 11.8 Å². The highest BCUT2D eigenvalue weighted by molar-refractivity contribution is 6.25. The van der Waals surface area contributed by atoms with Crippen molar-refractivity contribution in [2.24, 2.45) is 0 Å². The van der Waals surface area contributed by atoms with Gasteiger partial charge in [0, 0.05) is 25.3 Å². The summed E-state index contributed by atoms with van der Waals surface area (Å²) >= 11 is 0. The lowest BCUT2D eigenvalue weighted by atomic mass is 10.0. The number of unbranched alkanes of at least 4 members (excludes halogenated alkanes) is 7. The third-order valence-electron chi connectivity index (χ3n) is 7.29. The van der Waals surface area contributed by atoms with Crippen molar-refractivity contribution in [1.29, 1.82) is 0 Å². The fraction of sp³-hybridized carbons (Fsp3) is 0.677. The number of nitrogens with one attached hydrogen (secondary N) is 2. The fourth-order valence-electron chi connectivity index (χ4n) is 5.02. The number of hydrogen-bond acceptors (Lipinski definition) is 9. The van der Waals surface area contributed by atoms with Gasteiger partial charge in [0.2, 0.25) is 11.8 Å². The zero-order chi connectivity index (χ0) is 30.0. The number of amides is 4. The number of imide groups is 2. The maximum absolute atomic E-state index is 13.1. The van der Waals surface area contributed by atoms with Crippen molar-refractivity contribution >= 4 is 29.3 Å². The minimum absolute atomic E-state index is 0.0808. The molecule has 1 unspecified atom stereocenters. The third kappa shape index (κ3) is 10.8. The summed E-state index contributed by atoms with van der Waals surface area (Å²) in [6.45, 7) is 6.83. The first kappa shape index (κ1) is 33.6. The first-order valence-corrected chi connectivity index (χ1v) is 15.4. The fourth-order valence-corrected chi connectivity index (χ4v) is 5.02. The van der Waals surface area contributed by atoms with Crippen LogP contribution in [-0.4, -0.2) is 94.0 Å². The molecule has 2 aliphatic rings. The number of benzene rings is 1. The number of rotatable bonds is 23. The summed E-state index contributed by atoms with van der Waals surface area (Å²) in [5.74, 6) is -2.11. The van der Waals surface area contributed by atoms with Gasteiger partial charge < -0.3 is 24.3 Å². The molecule has 2 heterocycles. The van der Waals surface area contributed by atoms with Crippen LogP contribution in [0.3, 0.4) is 0 Å². The quantitative estimate of drug-likeness (QED) is 0.145. The molecule has 0 aliphatic carbocycles. The van der Waals surface area contributed by atoms with Crippen molar-refractivity contribution < 1.29 is 38.1 Å². The van der Waals surface area contributed by atoms with Crippen LogP contribution in [0.15, 0.2) is 18.2 Å². The molecule has 42 heavy (non-hydrogen) atoms. The van der Waals surface area contributed by atoms with E-state index in [2.05, 4.69) is 17.6 Å². The van der Waals surface area contributed by atoms with Gasteiger partial charge in [0.15, 0.2) is 0 Å². The van der Waals surface area contributed by atoms with Gasteiger partial charge in [0.05, 0.1) is 57.4 Å². The largest absolute Gasteiger partial charge is 0.382 e. The Morgan fingerprint density at radius 3 is 2.00 bits per heavy atom. The summed E-state index contributed by atoms with van der Waals surface area (Å²) in [7, 11) is 0. The molecule has 4 amide bonds. The van der Waals surface area contributed by atoms with E-state index in [0.717, 1.165) is 17.9 Å². The number of fused-ring (bicyclic) bond motifs is 1. The van der Waals surface area contributed by atoms with E-state index in [0.29, 0.717) is 58.5 Å². The highest BCUT2D eigenvalue weighted by Crippen LogP contribution is 2.32. The standard InChI is InChI=1S/C31H47N3O8/c1-2-3-4-5-6-7-8-9-16-39-18-20-41-22-23-42-21-19-40-17-15-32-25-12-10-11-24-28(25)31(38)34(30(24)37)26-13-14-27(35)33-29(26)36/h10-12,26,32H,2-9,13-23H2,1H3,(H,33,35,36). The monoisotopic (exact) mass is 589 g/mol. The normalized spacial score (nSPS) is 16.7. The van der Waals surface area contributed by atoms with Crippen LogP contribution < -0.4 is 10.6 Å². The highest BCUT2D eigenvalue weighted by atomic mass is 16.6. The SMILES string of the molecule is CCCCCCCCCCOCCOCCOCCOCCNc1cccc2c1C(=O)N(C1CCC(=O)NC1=O)C2=O. The van der Waals surface area contributed by atoms with E-state index in [1.165, 1.54) is 44.9 Å². The maximum Gasteiger partial charge on any atom is 0.264 e. The molecule has 1 atom stereocenters. The van der Waals surface area contributed by atoms with Gasteiger partial charge in [-0.2, -0.15) is 0 Å². The highest BCUT2D eigenvalue weighted by Gasteiger charge is 2.45. The number of nitrogens with zero attached hydrogens (tertiary/aromatic N) is 1. The number of hydrogen-bond donors (Lipinski definition) is 2. The lowest BCUT2D eigenvalue weighted by Gasteiger charge is -2.27. The molecule has 0 aromatic heterocycles. The second-order valence-electron chi connectivity index (χ2n) is 10.5.